The Kier molecular flexibility index (Phi) is 10.7. The highest BCUT2D eigenvalue weighted by Crippen LogP contribution is 2.36. The van der Waals surface area contributed by atoms with Crippen molar-refractivity contribution in [1.82, 2.24) is 44.6 Å². The van der Waals surface area contributed by atoms with E-state index in [4.69, 9.17) is 4.98 Å². The molecule has 17 nitrogen and oxygen atoms in total. The van der Waals surface area contributed by atoms with Gasteiger partial charge in [-0.1, -0.05) is 12.1 Å². The Bertz CT molecular complexity index is 2480. The smallest absolute Gasteiger partial charge is 0.251 e. The van der Waals surface area contributed by atoms with Crippen molar-refractivity contribution in [3.8, 4) is 17.3 Å². The molecule has 3 aliphatic rings. The van der Waals surface area contributed by atoms with Crippen molar-refractivity contribution in [2.75, 3.05) is 68.3 Å². The molecule has 3 saturated heterocycles. The molecule has 3 aromatic heterocycles. The van der Waals surface area contributed by atoms with Crippen LogP contribution in [0.1, 0.15) is 48.0 Å². The molecule has 0 saturated carbocycles. The Morgan fingerprint density at radius 2 is 1.78 bits per heavy atom. The highest BCUT2D eigenvalue weighted by molar-refractivity contribution is 7.89. The van der Waals surface area contributed by atoms with Gasteiger partial charge in [0.25, 0.3) is 5.91 Å². The summed E-state index contributed by atoms with van der Waals surface area (Å²) in [7, 11) is -3.38. The van der Waals surface area contributed by atoms with Crippen LogP contribution in [0.4, 0.5) is 17.3 Å². The van der Waals surface area contributed by atoms with Gasteiger partial charge in [-0.15, -0.1) is 0 Å². The van der Waals surface area contributed by atoms with Crippen LogP contribution in [-0.4, -0.2) is 118 Å². The standard InChI is InChI=1S/C40H44N12O5S/c1-2-58(56,57)51-25-40(26-51,14-15-41)52-24-29(23-44-52)35-33-13-16-42-36(33)48-39(47-35)45-30-7-3-28(4-8-30)37(54)43-17-18-49-19-21-50(22-20-49)31-9-5-27(6-10-31)32-11-12-34(53)46-38(32)55/h3-10,13,16,23-24,32H,2,11-12,14,17-22,25-26H2,1H3,(H,43,54)(H,46,53,55)(H2,42,45,47,48). The summed E-state index contributed by atoms with van der Waals surface area (Å²) in [6, 6.07) is 19.2. The number of anilines is 3. The molecule has 6 heterocycles. The highest BCUT2D eigenvalue weighted by Gasteiger charge is 2.49. The summed E-state index contributed by atoms with van der Waals surface area (Å²) in [5.41, 5.74) is 4.39. The molecule has 8 rings (SSSR count). The molecular formula is C40H44N12O5S. The van der Waals surface area contributed by atoms with Crippen LogP contribution >= 0.6 is 0 Å². The maximum Gasteiger partial charge on any atom is 0.251 e. The van der Waals surface area contributed by atoms with Crippen molar-refractivity contribution in [2.45, 2.75) is 37.6 Å². The number of aromatic amines is 1. The van der Waals surface area contributed by atoms with Gasteiger partial charge in [-0.25, -0.2) is 13.4 Å². The average Bonchev–Trinajstić information content (AvgIpc) is 3.90. The Balaban J connectivity index is 0.834. The summed E-state index contributed by atoms with van der Waals surface area (Å²) in [6.45, 7) is 6.60. The van der Waals surface area contributed by atoms with Gasteiger partial charge in [0, 0.05) is 99.1 Å². The van der Waals surface area contributed by atoms with E-state index in [9.17, 15) is 28.1 Å². The summed E-state index contributed by atoms with van der Waals surface area (Å²) in [4.78, 5) is 54.0. The molecule has 2 aromatic carbocycles. The predicted octanol–water partition coefficient (Wildman–Crippen LogP) is 2.91. The van der Waals surface area contributed by atoms with Crippen LogP contribution < -0.4 is 20.9 Å². The molecule has 3 fully saturated rings. The number of sulfonamides is 1. The number of piperidine rings is 1. The number of rotatable bonds is 13. The number of H-pyrrole nitrogens is 1. The fraction of sp³-hybridized carbons (Fsp3) is 0.375. The minimum atomic E-state index is -3.38. The fourth-order valence-corrected chi connectivity index (χ4v) is 9.06. The first-order valence-corrected chi connectivity index (χ1v) is 21.0. The number of nitrogens with one attached hydrogen (secondary N) is 4. The molecule has 1 unspecified atom stereocenters. The number of hydrogen-bond donors (Lipinski definition) is 4. The summed E-state index contributed by atoms with van der Waals surface area (Å²) in [5, 5.41) is 23.6. The van der Waals surface area contributed by atoms with E-state index in [1.807, 2.05) is 30.3 Å². The van der Waals surface area contributed by atoms with Crippen LogP contribution in [0.2, 0.25) is 0 Å². The number of amides is 3. The second-order valence-electron chi connectivity index (χ2n) is 14.9. The zero-order chi connectivity index (χ0) is 40.4. The van der Waals surface area contributed by atoms with E-state index in [0.717, 1.165) is 49.4 Å². The molecule has 5 aromatic rings. The van der Waals surface area contributed by atoms with Crippen LogP contribution in [0.25, 0.3) is 22.3 Å². The molecule has 0 spiro atoms. The van der Waals surface area contributed by atoms with E-state index in [1.165, 1.54) is 4.31 Å². The van der Waals surface area contributed by atoms with Gasteiger partial charge in [-0.2, -0.15) is 19.6 Å². The number of carbonyl (C=O) groups excluding carboxylic acids is 3. The summed E-state index contributed by atoms with van der Waals surface area (Å²) < 4.78 is 27.9. The molecule has 18 heteroatoms. The summed E-state index contributed by atoms with van der Waals surface area (Å²) in [6.07, 6.45) is 6.24. The van der Waals surface area contributed by atoms with E-state index in [-0.39, 0.29) is 48.9 Å². The zero-order valence-corrected chi connectivity index (χ0v) is 32.8. The van der Waals surface area contributed by atoms with Gasteiger partial charge in [0.15, 0.2) is 0 Å². The number of hydrogen-bond acceptors (Lipinski definition) is 12. The lowest BCUT2D eigenvalue weighted by Crippen LogP contribution is -2.64. The largest absolute Gasteiger partial charge is 0.369 e. The molecule has 300 valence electrons. The normalized spacial score (nSPS) is 18.7. The monoisotopic (exact) mass is 804 g/mol. The maximum absolute atomic E-state index is 13.0. The second kappa shape index (κ2) is 16.0. The molecule has 3 aliphatic heterocycles. The Hall–Kier alpha value is -6.16. The summed E-state index contributed by atoms with van der Waals surface area (Å²) >= 11 is 0. The number of nitriles is 1. The van der Waals surface area contributed by atoms with Gasteiger partial charge in [-0.05, 0) is 61.4 Å². The van der Waals surface area contributed by atoms with Crippen LogP contribution in [-0.2, 0) is 25.2 Å². The van der Waals surface area contributed by atoms with E-state index in [2.05, 4.69) is 46.9 Å². The number of carbonyl (C=O) groups is 3. The molecule has 0 bridgehead atoms. The Morgan fingerprint density at radius 3 is 2.48 bits per heavy atom. The second-order valence-corrected chi connectivity index (χ2v) is 17.2. The molecule has 58 heavy (non-hydrogen) atoms. The van der Waals surface area contributed by atoms with E-state index in [0.29, 0.717) is 53.5 Å². The summed E-state index contributed by atoms with van der Waals surface area (Å²) in [5.74, 6) is -0.571. The third-order valence-corrected chi connectivity index (χ3v) is 13.0. The quantitative estimate of drug-likeness (QED) is 0.127. The van der Waals surface area contributed by atoms with Crippen molar-refractivity contribution in [2.24, 2.45) is 0 Å². The van der Waals surface area contributed by atoms with E-state index < -0.39 is 15.6 Å². The lowest BCUT2D eigenvalue weighted by atomic mass is 9.89. The predicted molar refractivity (Wildman–Crippen MR) is 217 cm³/mol. The first kappa shape index (κ1) is 38.7. The number of imide groups is 1. The third kappa shape index (κ3) is 7.88. The lowest BCUT2D eigenvalue weighted by Gasteiger charge is -2.47. The lowest BCUT2D eigenvalue weighted by molar-refractivity contribution is -0.134. The number of nitrogens with zero attached hydrogens (tertiary/aromatic N) is 8. The first-order valence-electron chi connectivity index (χ1n) is 19.4. The molecule has 0 radical (unpaired) electrons. The van der Waals surface area contributed by atoms with Crippen LogP contribution in [0.3, 0.4) is 0 Å². The van der Waals surface area contributed by atoms with E-state index >= 15 is 0 Å². The Labute approximate surface area is 335 Å². The topological polar surface area (TPSA) is 214 Å². The molecular weight excluding hydrogens is 761 g/mol. The minimum absolute atomic E-state index is 0.00529. The van der Waals surface area contributed by atoms with E-state index in [1.54, 1.807) is 54.5 Å². The fourth-order valence-electron chi connectivity index (χ4n) is 7.82. The van der Waals surface area contributed by atoms with Crippen molar-refractivity contribution >= 4 is 56.1 Å². The van der Waals surface area contributed by atoms with Crippen LogP contribution in [0.5, 0.6) is 0 Å². The van der Waals surface area contributed by atoms with Crippen molar-refractivity contribution in [3.05, 3.63) is 84.3 Å². The molecule has 0 aliphatic carbocycles. The first-order chi connectivity index (χ1) is 28.0. The SMILES string of the molecule is CCS(=O)(=O)N1CC(CC#N)(n2cc(-c3nc(Nc4ccc(C(=O)NCCN5CCN(c6ccc(C7CCC(=O)NC7=O)cc6)CC5)cc4)nc4[nH]ccc34)cn2)C1. The molecule has 3 amide bonds. The highest BCUT2D eigenvalue weighted by atomic mass is 32.2. The van der Waals surface area contributed by atoms with Crippen molar-refractivity contribution in [1.29, 1.82) is 5.26 Å². The molecule has 1 atom stereocenters. The minimum Gasteiger partial charge on any atom is -0.369 e. The Morgan fingerprint density at radius 1 is 1.02 bits per heavy atom. The van der Waals surface area contributed by atoms with Gasteiger partial charge in [0.05, 0.1) is 36.1 Å². The van der Waals surface area contributed by atoms with Crippen LogP contribution in [0.15, 0.2) is 73.2 Å². The van der Waals surface area contributed by atoms with Crippen molar-refractivity contribution in [3.63, 3.8) is 0 Å². The van der Waals surface area contributed by atoms with Gasteiger partial charge >= 0.3 is 0 Å². The number of aromatic nitrogens is 5. The van der Waals surface area contributed by atoms with Crippen molar-refractivity contribution < 1.29 is 22.8 Å². The molecule has 4 N–H and O–H groups in total. The number of benzene rings is 2. The zero-order valence-electron chi connectivity index (χ0n) is 32.0. The average molecular weight is 805 g/mol. The maximum atomic E-state index is 13.0. The van der Waals surface area contributed by atoms with Gasteiger partial charge in [-0.3, -0.25) is 29.3 Å². The van der Waals surface area contributed by atoms with Crippen LogP contribution in [0, 0.1) is 11.3 Å². The van der Waals surface area contributed by atoms with Gasteiger partial charge in [0.1, 0.15) is 11.2 Å². The number of fused-ring (bicyclic) bond motifs is 1. The van der Waals surface area contributed by atoms with Gasteiger partial charge in [0.2, 0.25) is 27.8 Å². The number of piperazine rings is 1. The third-order valence-electron chi connectivity index (χ3n) is 11.3. The van der Waals surface area contributed by atoms with Gasteiger partial charge < -0.3 is 20.5 Å².